The lowest BCUT2D eigenvalue weighted by atomic mass is 10.0. The predicted octanol–water partition coefficient (Wildman–Crippen LogP) is 2.27. The van der Waals surface area contributed by atoms with Gasteiger partial charge in [-0.2, -0.15) is 0 Å². The molecule has 2 aliphatic rings. The molecule has 1 heterocycles. The van der Waals surface area contributed by atoms with E-state index < -0.39 is 0 Å². The van der Waals surface area contributed by atoms with Crippen LogP contribution in [0.25, 0.3) is 0 Å². The smallest absolute Gasteiger partial charge is 0.0478 e. The Morgan fingerprint density at radius 2 is 2.06 bits per heavy atom. The maximum atomic E-state index is 5.59. The van der Waals surface area contributed by atoms with Gasteiger partial charge in [-0.15, -0.1) is 0 Å². The Morgan fingerprint density at radius 3 is 2.72 bits per heavy atom. The Bertz CT molecular complexity index is 231. The van der Waals surface area contributed by atoms with Crippen LogP contribution in [0.5, 0.6) is 0 Å². The van der Waals surface area contributed by atoms with Gasteiger partial charge < -0.3 is 10.1 Å². The second kappa shape index (κ2) is 7.46. The lowest BCUT2D eigenvalue weighted by Crippen LogP contribution is -2.57. The summed E-state index contributed by atoms with van der Waals surface area (Å²) in [4.78, 5) is 2.70. The lowest BCUT2D eigenvalue weighted by Gasteiger charge is -2.40. The van der Waals surface area contributed by atoms with E-state index in [1.165, 1.54) is 45.3 Å². The molecule has 2 unspecified atom stereocenters. The largest absolute Gasteiger partial charge is 0.381 e. The molecule has 0 bridgehead atoms. The van der Waals surface area contributed by atoms with Gasteiger partial charge in [-0.25, -0.2) is 0 Å². The van der Waals surface area contributed by atoms with Gasteiger partial charge in [0.1, 0.15) is 0 Å². The third-order valence-electron chi connectivity index (χ3n) is 4.31. The van der Waals surface area contributed by atoms with E-state index in [0.29, 0.717) is 0 Å². The highest BCUT2D eigenvalue weighted by molar-refractivity contribution is 4.94. The minimum Gasteiger partial charge on any atom is -0.381 e. The minimum absolute atomic E-state index is 0.742. The molecule has 3 heteroatoms. The molecular weight excluding hydrogens is 224 g/mol. The molecule has 0 spiro atoms. The van der Waals surface area contributed by atoms with E-state index in [4.69, 9.17) is 4.74 Å². The predicted molar refractivity (Wildman–Crippen MR) is 75.9 cm³/mol. The summed E-state index contributed by atoms with van der Waals surface area (Å²) in [5, 5.41) is 3.75. The second-order valence-corrected chi connectivity index (χ2v) is 5.88. The second-order valence-electron chi connectivity index (χ2n) is 5.88. The first kappa shape index (κ1) is 14.3. The zero-order chi connectivity index (χ0) is 12.8. The third-order valence-corrected chi connectivity index (χ3v) is 4.31. The molecule has 3 nitrogen and oxygen atoms in total. The summed E-state index contributed by atoms with van der Waals surface area (Å²) >= 11 is 0. The molecule has 1 aliphatic carbocycles. The first-order chi connectivity index (χ1) is 8.85. The van der Waals surface area contributed by atoms with Crippen molar-refractivity contribution < 1.29 is 4.74 Å². The summed E-state index contributed by atoms with van der Waals surface area (Å²) in [6.45, 7) is 10.00. The summed E-state index contributed by atoms with van der Waals surface area (Å²) < 4.78 is 5.59. The van der Waals surface area contributed by atoms with Crippen molar-refractivity contribution in [1.82, 2.24) is 10.2 Å². The fraction of sp³-hybridized carbons (Fsp3) is 1.00. The van der Waals surface area contributed by atoms with Crippen LogP contribution in [-0.4, -0.2) is 49.8 Å². The van der Waals surface area contributed by atoms with Crippen molar-refractivity contribution in [2.24, 2.45) is 5.92 Å². The van der Waals surface area contributed by atoms with Crippen LogP contribution in [0.3, 0.4) is 0 Å². The third kappa shape index (κ3) is 4.22. The van der Waals surface area contributed by atoms with E-state index in [1.54, 1.807) is 0 Å². The van der Waals surface area contributed by atoms with Gasteiger partial charge in [0.2, 0.25) is 0 Å². The number of ether oxygens (including phenoxy) is 1. The van der Waals surface area contributed by atoms with Crippen LogP contribution in [0, 0.1) is 5.92 Å². The average molecular weight is 254 g/mol. The van der Waals surface area contributed by atoms with Crippen LogP contribution in [0.1, 0.15) is 46.0 Å². The molecular formula is C15H30N2O. The van der Waals surface area contributed by atoms with Gasteiger partial charge in [0, 0.05) is 44.9 Å². The standard InChI is InChI=1S/C15H30N2O/c1-3-9-18-10-5-8-17-12-15(13-6-7-13)16-11-14(17)4-2/h13-16H,3-12H2,1-2H3. The number of nitrogens with zero attached hydrogens (tertiary/aromatic N) is 1. The maximum Gasteiger partial charge on any atom is 0.0478 e. The fourth-order valence-electron chi connectivity index (χ4n) is 2.99. The quantitative estimate of drug-likeness (QED) is 0.673. The number of hydrogen-bond acceptors (Lipinski definition) is 3. The van der Waals surface area contributed by atoms with E-state index in [-0.39, 0.29) is 0 Å². The van der Waals surface area contributed by atoms with E-state index in [0.717, 1.165) is 37.6 Å². The summed E-state index contributed by atoms with van der Waals surface area (Å²) in [6, 6.07) is 1.51. The van der Waals surface area contributed by atoms with Crippen LogP contribution < -0.4 is 5.32 Å². The Balaban J connectivity index is 1.68. The van der Waals surface area contributed by atoms with E-state index >= 15 is 0 Å². The molecule has 0 aromatic carbocycles. The van der Waals surface area contributed by atoms with Crippen molar-refractivity contribution in [2.45, 2.75) is 58.0 Å². The molecule has 0 amide bonds. The van der Waals surface area contributed by atoms with Gasteiger partial charge in [0.05, 0.1) is 0 Å². The van der Waals surface area contributed by atoms with E-state index in [9.17, 15) is 0 Å². The molecule has 18 heavy (non-hydrogen) atoms. The average Bonchev–Trinajstić information content (AvgIpc) is 3.22. The number of hydrogen-bond donors (Lipinski definition) is 1. The van der Waals surface area contributed by atoms with Crippen molar-refractivity contribution in [2.75, 3.05) is 32.8 Å². The highest BCUT2D eigenvalue weighted by Gasteiger charge is 2.36. The monoisotopic (exact) mass is 254 g/mol. The molecule has 2 rings (SSSR count). The van der Waals surface area contributed by atoms with Gasteiger partial charge >= 0.3 is 0 Å². The molecule has 1 aliphatic heterocycles. The van der Waals surface area contributed by atoms with Crippen LogP contribution in [0.2, 0.25) is 0 Å². The van der Waals surface area contributed by atoms with Gasteiger partial charge in [-0.1, -0.05) is 13.8 Å². The molecule has 2 atom stereocenters. The first-order valence-electron chi connectivity index (χ1n) is 7.90. The Kier molecular flexibility index (Phi) is 5.93. The van der Waals surface area contributed by atoms with Gasteiger partial charge in [-0.3, -0.25) is 4.90 Å². The van der Waals surface area contributed by atoms with Crippen LogP contribution in [0.15, 0.2) is 0 Å². The Morgan fingerprint density at radius 1 is 1.22 bits per heavy atom. The van der Waals surface area contributed by atoms with Crippen LogP contribution >= 0.6 is 0 Å². The molecule has 1 N–H and O–H groups in total. The minimum atomic E-state index is 0.742. The van der Waals surface area contributed by atoms with E-state index in [1.807, 2.05) is 0 Å². The number of nitrogens with one attached hydrogen (secondary N) is 1. The zero-order valence-electron chi connectivity index (χ0n) is 12.2. The fourth-order valence-corrected chi connectivity index (χ4v) is 2.99. The molecule has 106 valence electrons. The zero-order valence-corrected chi connectivity index (χ0v) is 12.2. The topological polar surface area (TPSA) is 24.5 Å². The van der Waals surface area contributed by atoms with Crippen molar-refractivity contribution >= 4 is 0 Å². The van der Waals surface area contributed by atoms with Crippen LogP contribution in [-0.2, 0) is 4.74 Å². The molecule has 1 saturated carbocycles. The van der Waals surface area contributed by atoms with Crippen molar-refractivity contribution in [3.8, 4) is 0 Å². The van der Waals surface area contributed by atoms with E-state index in [2.05, 4.69) is 24.1 Å². The molecule has 0 radical (unpaired) electrons. The van der Waals surface area contributed by atoms with Gasteiger partial charge in [0.15, 0.2) is 0 Å². The lowest BCUT2D eigenvalue weighted by molar-refractivity contribution is 0.0875. The van der Waals surface area contributed by atoms with Gasteiger partial charge in [0.25, 0.3) is 0 Å². The van der Waals surface area contributed by atoms with Crippen molar-refractivity contribution in [3.63, 3.8) is 0 Å². The number of rotatable bonds is 8. The van der Waals surface area contributed by atoms with Crippen molar-refractivity contribution in [3.05, 3.63) is 0 Å². The summed E-state index contributed by atoms with van der Waals surface area (Å²) in [5.41, 5.74) is 0. The Labute approximate surface area is 112 Å². The van der Waals surface area contributed by atoms with Crippen molar-refractivity contribution in [1.29, 1.82) is 0 Å². The maximum absolute atomic E-state index is 5.59. The first-order valence-corrected chi connectivity index (χ1v) is 7.90. The van der Waals surface area contributed by atoms with Gasteiger partial charge in [-0.05, 0) is 38.0 Å². The summed E-state index contributed by atoms with van der Waals surface area (Å²) in [5.74, 6) is 0.974. The highest BCUT2D eigenvalue weighted by atomic mass is 16.5. The SMILES string of the molecule is CCCOCCCN1CC(C2CC2)NCC1CC. The van der Waals surface area contributed by atoms with Crippen LogP contribution in [0.4, 0.5) is 0 Å². The molecule has 2 fully saturated rings. The summed E-state index contributed by atoms with van der Waals surface area (Å²) in [6.07, 6.45) is 6.48. The molecule has 0 aromatic rings. The Hall–Kier alpha value is -0.120. The molecule has 1 saturated heterocycles. The number of piperazine rings is 1. The highest BCUT2D eigenvalue weighted by Crippen LogP contribution is 2.34. The summed E-state index contributed by atoms with van der Waals surface area (Å²) in [7, 11) is 0. The molecule has 0 aromatic heterocycles. The normalized spacial score (nSPS) is 29.7.